The molecular formula is C23H25N3O4S. The van der Waals surface area contributed by atoms with Crippen molar-refractivity contribution >= 4 is 45.7 Å². The highest BCUT2D eigenvalue weighted by Crippen LogP contribution is 2.22. The smallest absolute Gasteiger partial charge is 0.344 e. The molecule has 162 valence electrons. The quantitative estimate of drug-likeness (QED) is 0.448. The van der Waals surface area contributed by atoms with Gasteiger partial charge in [-0.15, -0.1) is 0 Å². The number of nitrogens with one attached hydrogen (secondary N) is 1. The number of hydrogen-bond donors (Lipinski definition) is 2. The van der Waals surface area contributed by atoms with Crippen molar-refractivity contribution in [1.82, 2.24) is 4.57 Å². The molecule has 0 atom stereocenters. The molecule has 8 heteroatoms. The zero-order valence-corrected chi connectivity index (χ0v) is 18.7. The summed E-state index contributed by atoms with van der Waals surface area (Å²) in [5.41, 5.74) is 7.86. The number of benzene rings is 2. The van der Waals surface area contributed by atoms with Crippen LogP contribution in [0.4, 0.5) is 5.69 Å². The molecule has 1 amide bonds. The molecule has 2 aromatic carbocycles. The Bertz CT molecular complexity index is 1140. The van der Waals surface area contributed by atoms with Crippen LogP contribution in [0.1, 0.15) is 36.8 Å². The number of aromatic nitrogens is 1. The second kappa shape index (κ2) is 8.77. The maximum atomic E-state index is 12.8. The highest BCUT2D eigenvalue weighted by atomic mass is 32.1. The molecular weight excluding hydrogens is 414 g/mol. The number of esters is 1. The van der Waals surface area contributed by atoms with Crippen LogP contribution in [-0.2, 0) is 16.6 Å². The minimum Gasteiger partial charge on any atom is -0.482 e. The van der Waals surface area contributed by atoms with E-state index in [1.807, 2.05) is 31.3 Å². The molecule has 0 fully saturated rings. The number of thiocarbonyl (C=S) groups is 1. The molecule has 3 N–H and O–H groups in total. The molecule has 0 radical (unpaired) electrons. The number of nitrogens with zero attached hydrogens (tertiary/aromatic N) is 1. The third-order valence-corrected chi connectivity index (χ3v) is 4.69. The summed E-state index contributed by atoms with van der Waals surface area (Å²) in [6.07, 6.45) is 0. The average Bonchev–Trinajstić information content (AvgIpc) is 3.02. The van der Waals surface area contributed by atoms with Gasteiger partial charge in [-0.25, -0.2) is 4.79 Å². The van der Waals surface area contributed by atoms with Crippen LogP contribution in [0.2, 0.25) is 0 Å². The SMILES string of the molecule is Cn1c(C(=O)Nc2ccc(OCC(=O)OC(C)(C)C)cc2)cc2ccc(C(N)=S)cc21. The normalized spacial score (nSPS) is 11.2. The van der Waals surface area contributed by atoms with Crippen molar-refractivity contribution in [3.8, 4) is 5.75 Å². The number of carbonyl (C=O) groups excluding carboxylic acids is 2. The van der Waals surface area contributed by atoms with Crippen LogP contribution in [-0.4, -0.2) is 33.6 Å². The zero-order chi connectivity index (χ0) is 22.8. The average molecular weight is 440 g/mol. The molecule has 3 aromatic rings. The summed E-state index contributed by atoms with van der Waals surface area (Å²) in [5, 5.41) is 3.78. The molecule has 0 saturated carbocycles. The van der Waals surface area contributed by atoms with E-state index in [0.29, 0.717) is 22.1 Å². The molecule has 1 aromatic heterocycles. The van der Waals surface area contributed by atoms with E-state index < -0.39 is 11.6 Å². The van der Waals surface area contributed by atoms with Crippen molar-refractivity contribution in [3.63, 3.8) is 0 Å². The predicted molar refractivity (Wildman–Crippen MR) is 125 cm³/mol. The highest BCUT2D eigenvalue weighted by Gasteiger charge is 2.17. The Hall–Kier alpha value is -3.39. The first-order chi connectivity index (χ1) is 14.5. The summed E-state index contributed by atoms with van der Waals surface area (Å²) >= 11 is 5.03. The summed E-state index contributed by atoms with van der Waals surface area (Å²) < 4.78 is 12.4. The van der Waals surface area contributed by atoms with Crippen LogP contribution in [0.5, 0.6) is 5.75 Å². The standard InChI is InChI=1S/C23H25N3O4S/c1-23(2,3)30-20(27)13-29-17-9-7-16(8-10-17)25-22(28)19-11-14-5-6-15(21(24)31)12-18(14)26(19)4/h5-12H,13H2,1-4H3,(H2,24,31)(H,25,28). The number of amides is 1. The number of rotatable bonds is 6. The summed E-state index contributed by atoms with van der Waals surface area (Å²) in [7, 11) is 1.81. The molecule has 0 aliphatic carbocycles. The zero-order valence-electron chi connectivity index (χ0n) is 17.9. The first-order valence-corrected chi connectivity index (χ1v) is 10.1. The van der Waals surface area contributed by atoms with E-state index in [9.17, 15) is 9.59 Å². The monoisotopic (exact) mass is 439 g/mol. The third kappa shape index (κ3) is 5.61. The number of carbonyl (C=O) groups is 2. The lowest BCUT2D eigenvalue weighted by molar-refractivity contribution is -0.157. The van der Waals surface area contributed by atoms with Crippen LogP contribution in [0.15, 0.2) is 48.5 Å². The molecule has 7 nitrogen and oxygen atoms in total. The van der Waals surface area contributed by atoms with Gasteiger partial charge in [-0.05, 0) is 57.2 Å². The van der Waals surface area contributed by atoms with E-state index in [2.05, 4.69) is 5.32 Å². The van der Waals surface area contributed by atoms with Gasteiger partial charge in [0.15, 0.2) is 6.61 Å². The molecule has 1 heterocycles. The van der Waals surface area contributed by atoms with Crippen LogP contribution >= 0.6 is 12.2 Å². The van der Waals surface area contributed by atoms with Crippen molar-refractivity contribution in [1.29, 1.82) is 0 Å². The minimum atomic E-state index is -0.561. The Labute approximate surface area is 186 Å². The van der Waals surface area contributed by atoms with E-state index in [-0.39, 0.29) is 12.5 Å². The predicted octanol–water partition coefficient (Wildman–Crippen LogP) is 3.79. The van der Waals surface area contributed by atoms with Crippen molar-refractivity contribution in [2.45, 2.75) is 26.4 Å². The topological polar surface area (TPSA) is 95.6 Å². The van der Waals surface area contributed by atoms with Gasteiger partial charge in [0.1, 0.15) is 22.0 Å². The Kier molecular flexibility index (Phi) is 6.31. The molecule has 0 unspecified atom stereocenters. The van der Waals surface area contributed by atoms with Crippen LogP contribution in [0.25, 0.3) is 10.9 Å². The van der Waals surface area contributed by atoms with E-state index in [1.54, 1.807) is 49.6 Å². The van der Waals surface area contributed by atoms with Crippen molar-refractivity contribution < 1.29 is 19.1 Å². The Balaban J connectivity index is 1.66. The highest BCUT2D eigenvalue weighted by molar-refractivity contribution is 7.80. The molecule has 0 bridgehead atoms. The van der Waals surface area contributed by atoms with Gasteiger partial charge in [0.05, 0.1) is 0 Å². The van der Waals surface area contributed by atoms with E-state index in [1.165, 1.54) is 0 Å². The molecule has 31 heavy (non-hydrogen) atoms. The Morgan fingerprint density at radius 3 is 2.39 bits per heavy atom. The first kappa shape index (κ1) is 22.3. The van der Waals surface area contributed by atoms with Crippen LogP contribution in [0.3, 0.4) is 0 Å². The Morgan fingerprint density at radius 1 is 1.10 bits per heavy atom. The van der Waals surface area contributed by atoms with E-state index in [4.69, 9.17) is 27.4 Å². The molecule has 0 aliphatic rings. The minimum absolute atomic E-state index is 0.187. The number of fused-ring (bicyclic) bond motifs is 1. The van der Waals surface area contributed by atoms with Gasteiger partial charge in [-0.1, -0.05) is 24.4 Å². The third-order valence-electron chi connectivity index (χ3n) is 4.45. The van der Waals surface area contributed by atoms with Gasteiger partial charge >= 0.3 is 5.97 Å². The van der Waals surface area contributed by atoms with E-state index in [0.717, 1.165) is 16.5 Å². The molecule has 0 saturated heterocycles. The lowest BCUT2D eigenvalue weighted by Gasteiger charge is -2.19. The number of anilines is 1. The second-order valence-corrected chi connectivity index (χ2v) is 8.52. The summed E-state index contributed by atoms with van der Waals surface area (Å²) in [6.45, 7) is 5.20. The summed E-state index contributed by atoms with van der Waals surface area (Å²) in [6, 6.07) is 14.2. The number of nitrogens with two attached hydrogens (primary N) is 1. The maximum absolute atomic E-state index is 12.8. The van der Waals surface area contributed by atoms with Crippen LogP contribution in [0, 0.1) is 0 Å². The summed E-state index contributed by atoms with van der Waals surface area (Å²) in [5.74, 6) is -0.198. The fourth-order valence-corrected chi connectivity index (χ4v) is 3.17. The molecule has 0 spiro atoms. The summed E-state index contributed by atoms with van der Waals surface area (Å²) in [4.78, 5) is 24.8. The van der Waals surface area contributed by atoms with Gasteiger partial charge in [0.25, 0.3) is 5.91 Å². The van der Waals surface area contributed by atoms with Crippen molar-refractivity contribution in [2.75, 3.05) is 11.9 Å². The lowest BCUT2D eigenvalue weighted by atomic mass is 10.1. The lowest BCUT2D eigenvalue weighted by Crippen LogP contribution is -2.27. The first-order valence-electron chi connectivity index (χ1n) is 9.69. The van der Waals surface area contributed by atoms with Gasteiger partial charge in [-0.2, -0.15) is 0 Å². The molecule has 3 rings (SSSR count). The van der Waals surface area contributed by atoms with E-state index >= 15 is 0 Å². The second-order valence-electron chi connectivity index (χ2n) is 8.08. The van der Waals surface area contributed by atoms with Gasteiger partial charge < -0.3 is 25.1 Å². The maximum Gasteiger partial charge on any atom is 0.344 e. The van der Waals surface area contributed by atoms with Gasteiger partial charge in [-0.3, -0.25) is 4.79 Å². The molecule has 0 aliphatic heterocycles. The number of aryl methyl sites for hydroxylation is 1. The van der Waals surface area contributed by atoms with Crippen molar-refractivity contribution in [2.24, 2.45) is 12.8 Å². The fourth-order valence-electron chi connectivity index (χ4n) is 3.04. The Morgan fingerprint density at radius 2 is 1.77 bits per heavy atom. The van der Waals surface area contributed by atoms with Crippen LogP contribution < -0.4 is 15.8 Å². The largest absolute Gasteiger partial charge is 0.482 e. The van der Waals surface area contributed by atoms with Crippen molar-refractivity contribution in [3.05, 3.63) is 59.8 Å². The fraction of sp³-hybridized carbons (Fsp3) is 0.261. The van der Waals surface area contributed by atoms with Gasteiger partial charge in [0, 0.05) is 29.2 Å². The number of hydrogen-bond acceptors (Lipinski definition) is 5. The number of ether oxygens (including phenoxy) is 2. The van der Waals surface area contributed by atoms with Gasteiger partial charge in [0.2, 0.25) is 0 Å².